The molecule has 0 spiro atoms. The summed E-state index contributed by atoms with van der Waals surface area (Å²) in [5, 5.41) is 16.7. The summed E-state index contributed by atoms with van der Waals surface area (Å²) >= 11 is 7.59. The van der Waals surface area contributed by atoms with E-state index in [0.29, 0.717) is 16.4 Å². The van der Waals surface area contributed by atoms with E-state index in [4.69, 9.17) is 11.6 Å². The molecule has 0 saturated heterocycles. The number of carbonyl (C=O) groups excluding carboxylic acids is 2. The third-order valence-corrected chi connectivity index (χ3v) is 7.23. The Labute approximate surface area is 223 Å². The lowest BCUT2D eigenvalue weighted by Gasteiger charge is -2.18. The van der Waals surface area contributed by atoms with Gasteiger partial charge in [-0.3, -0.25) is 19.7 Å². The van der Waals surface area contributed by atoms with Crippen molar-refractivity contribution in [2.45, 2.75) is 17.1 Å². The molecule has 4 aromatic carbocycles. The minimum absolute atomic E-state index is 0.155. The minimum Gasteiger partial charge on any atom is -0.325 e. The second-order valence-electron chi connectivity index (χ2n) is 8.10. The van der Waals surface area contributed by atoms with Gasteiger partial charge in [-0.1, -0.05) is 54.1 Å². The summed E-state index contributed by atoms with van der Waals surface area (Å²) in [6.07, 6.45) is 0. The van der Waals surface area contributed by atoms with E-state index in [1.54, 1.807) is 24.3 Å². The third kappa shape index (κ3) is 6.55. The first-order valence-corrected chi connectivity index (χ1v) is 12.5. The molecule has 0 aliphatic heterocycles. The van der Waals surface area contributed by atoms with Crippen molar-refractivity contribution >= 4 is 52.2 Å². The monoisotopic (exact) mass is 531 g/mol. The van der Waals surface area contributed by atoms with E-state index in [1.165, 1.54) is 36.0 Å². The standard InChI is InChI=1S/C28H22ClN3O4S/c1-18-24(29)11-6-12-25(18)31-28(34)26(19-7-3-2-4-8-19)37-23-15-13-21(14-16-23)30-27(33)20-9-5-10-22(17-20)32(35)36/h2-17,26H,1H3,(H,30,33)(H,31,34). The summed E-state index contributed by atoms with van der Waals surface area (Å²) in [4.78, 5) is 37.2. The summed E-state index contributed by atoms with van der Waals surface area (Å²) in [6, 6.07) is 27.4. The van der Waals surface area contributed by atoms with Gasteiger partial charge in [-0.15, -0.1) is 11.8 Å². The molecule has 0 aliphatic rings. The maximum Gasteiger partial charge on any atom is 0.270 e. The molecule has 1 atom stereocenters. The van der Waals surface area contributed by atoms with E-state index in [9.17, 15) is 19.7 Å². The summed E-state index contributed by atoms with van der Waals surface area (Å²) in [6.45, 7) is 1.85. The number of thioether (sulfide) groups is 1. The van der Waals surface area contributed by atoms with Crippen molar-refractivity contribution in [1.29, 1.82) is 0 Å². The van der Waals surface area contributed by atoms with Gasteiger partial charge in [-0.2, -0.15) is 0 Å². The van der Waals surface area contributed by atoms with Crippen LogP contribution in [0.25, 0.3) is 0 Å². The Hall–Kier alpha value is -4.14. The first-order valence-electron chi connectivity index (χ1n) is 11.3. The molecular formula is C28H22ClN3O4S. The molecule has 4 aromatic rings. The number of amides is 2. The molecule has 0 bridgehead atoms. The van der Waals surface area contributed by atoms with Crippen molar-refractivity contribution < 1.29 is 14.5 Å². The van der Waals surface area contributed by atoms with Crippen LogP contribution in [0.15, 0.2) is 102 Å². The van der Waals surface area contributed by atoms with Crippen LogP contribution in [0, 0.1) is 17.0 Å². The number of nitro groups is 1. The quantitative estimate of drug-likeness (QED) is 0.141. The summed E-state index contributed by atoms with van der Waals surface area (Å²) in [7, 11) is 0. The van der Waals surface area contributed by atoms with Gasteiger partial charge in [0, 0.05) is 39.0 Å². The minimum atomic E-state index is -0.546. The number of nitrogens with zero attached hydrogens (tertiary/aromatic N) is 1. The zero-order chi connectivity index (χ0) is 26.4. The van der Waals surface area contributed by atoms with E-state index >= 15 is 0 Å². The zero-order valence-electron chi connectivity index (χ0n) is 19.7. The van der Waals surface area contributed by atoms with Crippen LogP contribution in [0.5, 0.6) is 0 Å². The third-order valence-electron chi connectivity index (χ3n) is 5.55. The molecule has 1 unspecified atom stereocenters. The van der Waals surface area contributed by atoms with Gasteiger partial charge >= 0.3 is 0 Å². The van der Waals surface area contributed by atoms with Gasteiger partial charge < -0.3 is 10.6 Å². The van der Waals surface area contributed by atoms with E-state index in [0.717, 1.165) is 16.0 Å². The Balaban J connectivity index is 1.50. The van der Waals surface area contributed by atoms with Crippen molar-refractivity contribution in [2.75, 3.05) is 10.6 Å². The smallest absolute Gasteiger partial charge is 0.270 e. The summed E-state index contributed by atoms with van der Waals surface area (Å²) in [5.74, 6) is -0.646. The average Bonchev–Trinajstić information content (AvgIpc) is 2.91. The first-order chi connectivity index (χ1) is 17.8. The topological polar surface area (TPSA) is 101 Å². The highest BCUT2D eigenvalue weighted by molar-refractivity contribution is 8.00. The van der Waals surface area contributed by atoms with Crippen LogP contribution < -0.4 is 10.6 Å². The number of benzene rings is 4. The van der Waals surface area contributed by atoms with Crippen LogP contribution in [0.2, 0.25) is 5.02 Å². The van der Waals surface area contributed by atoms with E-state index in [-0.39, 0.29) is 17.2 Å². The molecule has 7 nitrogen and oxygen atoms in total. The van der Waals surface area contributed by atoms with Gasteiger partial charge in [0.25, 0.3) is 11.6 Å². The number of hydrogen-bond acceptors (Lipinski definition) is 5. The van der Waals surface area contributed by atoms with E-state index in [1.807, 2.05) is 55.5 Å². The van der Waals surface area contributed by atoms with Crippen molar-refractivity contribution in [3.05, 3.63) is 129 Å². The van der Waals surface area contributed by atoms with Crippen molar-refractivity contribution in [1.82, 2.24) is 0 Å². The van der Waals surface area contributed by atoms with Gasteiger partial charge in [0.2, 0.25) is 5.91 Å². The lowest BCUT2D eigenvalue weighted by molar-refractivity contribution is -0.384. The fraction of sp³-hybridized carbons (Fsp3) is 0.0714. The van der Waals surface area contributed by atoms with Crippen LogP contribution >= 0.6 is 23.4 Å². The molecule has 0 aliphatic carbocycles. The molecule has 0 radical (unpaired) electrons. The molecule has 0 saturated carbocycles. The number of non-ortho nitro benzene ring substituents is 1. The Morgan fingerprint density at radius 1 is 0.892 bits per heavy atom. The second kappa shape index (κ2) is 11.7. The average molecular weight is 532 g/mol. The maximum absolute atomic E-state index is 13.3. The zero-order valence-corrected chi connectivity index (χ0v) is 21.3. The van der Waals surface area contributed by atoms with Gasteiger partial charge in [0.05, 0.1) is 4.92 Å². The first kappa shape index (κ1) is 25.9. The van der Waals surface area contributed by atoms with Crippen molar-refractivity contribution in [3.8, 4) is 0 Å². The fourth-order valence-corrected chi connectivity index (χ4v) is 4.76. The van der Waals surface area contributed by atoms with Gasteiger partial charge in [0.15, 0.2) is 0 Å². The SMILES string of the molecule is Cc1c(Cl)cccc1NC(=O)C(Sc1ccc(NC(=O)c2cccc([N+](=O)[O-])c2)cc1)c1ccccc1. The van der Waals surface area contributed by atoms with Crippen LogP contribution in [0.3, 0.4) is 0 Å². The number of hydrogen-bond donors (Lipinski definition) is 2. The Morgan fingerprint density at radius 2 is 1.59 bits per heavy atom. The van der Waals surface area contributed by atoms with Crippen molar-refractivity contribution in [2.24, 2.45) is 0 Å². The Morgan fingerprint density at radius 3 is 2.30 bits per heavy atom. The number of anilines is 2. The van der Waals surface area contributed by atoms with Crippen LogP contribution in [-0.4, -0.2) is 16.7 Å². The number of nitro benzene ring substituents is 1. The lowest BCUT2D eigenvalue weighted by Crippen LogP contribution is -2.19. The number of halogens is 1. The maximum atomic E-state index is 13.3. The molecule has 4 rings (SSSR count). The molecule has 2 amide bonds. The molecule has 0 fully saturated rings. The predicted octanol–water partition coefficient (Wildman–Crippen LogP) is 7.28. The number of nitrogens with one attached hydrogen (secondary N) is 2. The Kier molecular flexibility index (Phi) is 8.22. The molecule has 0 aromatic heterocycles. The lowest BCUT2D eigenvalue weighted by atomic mass is 10.1. The highest BCUT2D eigenvalue weighted by Gasteiger charge is 2.23. The molecule has 37 heavy (non-hydrogen) atoms. The molecule has 186 valence electrons. The molecule has 2 N–H and O–H groups in total. The van der Waals surface area contributed by atoms with Gasteiger partial charge in [-0.25, -0.2) is 0 Å². The largest absolute Gasteiger partial charge is 0.325 e. The van der Waals surface area contributed by atoms with Gasteiger partial charge in [0.1, 0.15) is 5.25 Å². The normalized spacial score (nSPS) is 11.4. The second-order valence-corrected chi connectivity index (χ2v) is 9.68. The van der Waals surface area contributed by atoms with Crippen LogP contribution in [0.4, 0.5) is 17.1 Å². The Bertz CT molecular complexity index is 1450. The van der Waals surface area contributed by atoms with Crippen molar-refractivity contribution in [3.63, 3.8) is 0 Å². The van der Waals surface area contributed by atoms with E-state index < -0.39 is 16.1 Å². The highest BCUT2D eigenvalue weighted by Crippen LogP contribution is 2.37. The number of carbonyl (C=O) groups is 2. The summed E-state index contributed by atoms with van der Waals surface area (Å²) in [5.41, 5.74) is 2.84. The summed E-state index contributed by atoms with van der Waals surface area (Å²) < 4.78 is 0. The van der Waals surface area contributed by atoms with Crippen LogP contribution in [0.1, 0.15) is 26.7 Å². The predicted molar refractivity (Wildman–Crippen MR) is 147 cm³/mol. The number of rotatable bonds is 8. The molecule has 9 heteroatoms. The van der Waals surface area contributed by atoms with E-state index in [2.05, 4.69) is 10.6 Å². The van der Waals surface area contributed by atoms with Crippen LogP contribution in [-0.2, 0) is 4.79 Å². The molecule has 0 heterocycles. The highest BCUT2D eigenvalue weighted by atomic mass is 35.5. The molecular weight excluding hydrogens is 510 g/mol. The van der Waals surface area contributed by atoms with Gasteiger partial charge in [-0.05, 0) is 60.5 Å². The fourth-order valence-electron chi connectivity index (χ4n) is 3.56.